The Morgan fingerprint density at radius 3 is 1.44 bits per heavy atom. The molecule has 68 valence electrons. The minimum absolute atomic E-state index is 0. The van der Waals surface area contributed by atoms with Gasteiger partial charge in [0.05, 0.1) is 34.4 Å². The van der Waals surface area contributed by atoms with E-state index in [1.54, 1.807) is 24.3 Å². The van der Waals surface area contributed by atoms with Crippen LogP contribution in [0.1, 0.15) is 22.3 Å². The van der Waals surface area contributed by atoms with Crippen molar-refractivity contribution in [2.75, 3.05) is 0 Å². The molecule has 0 radical (unpaired) electrons. The molecular weight excluding hydrogens is 215 g/mol. The van der Waals surface area contributed by atoms with E-state index in [1.165, 1.54) is 0 Å². The topological polar surface area (TPSA) is 118 Å². The molecule has 0 aromatic heterocycles. The fraction of sp³-hybridized carbons (Fsp3) is 0. The maximum absolute atomic E-state index is 11.4. The monoisotopic (exact) mass is 216 g/mol. The minimum Gasteiger partial charge on any atom is -0.871 e. The molecule has 0 amide bonds. The second-order valence-corrected chi connectivity index (χ2v) is 2.50. The molecule has 1 aromatic carbocycles. The van der Waals surface area contributed by atoms with Crippen molar-refractivity contribution in [1.29, 1.82) is 21.0 Å². The first-order valence-corrected chi connectivity index (χ1v) is 3.68. The van der Waals surface area contributed by atoms with E-state index in [-0.39, 0.29) is 40.7 Å². The molecule has 0 aliphatic rings. The van der Waals surface area contributed by atoms with Gasteiger partial charge in [0.1, 0.15) is 12.1 Å². The van der Waals surface area contributed by atoms with Crippen LogP contribution < -0.4 is 34.7 Å². The summed E-state index contributed by atoms with van der Waals surface area (Å²) in [6, 6.07) is 7.42. The number of hydrogen-bond acceptors (Lipinski definition) is 5. The third-order valence-electron chi connectivity index (χ3n) is 1.75. The van der Waals surface area contributed by atoms with E-state index in [1.807, 2.05) is 0 Å². The predicted octanol–water partition coefficient (Wildman–Crippen LogP) is -2.75. The van der Waals surface area contributed by atoms with Gasteiger partial charge in [0, 0.05) is 0 Å². The Morgan fingerprint density at radius 1 is 0.812 bits per heavy atom. The van der Waals surface area contributed by atoms with E-state index < -0.39 is 16.9 Å². The molecule has 0 aliphatic carbocycles. The van der Waals surface area contributed by atoms with Crippen LogP contribution in [-0.4, -0.2) is 0 Å². The van der Waals surface area contributed by atoms with Crippen LogP contribution in [0.15, 0.2) is 6.07 Å². The summed E-state index contributed by atoms with van der Waals surface area (Å²) in [5, 5.41) is 45.9. The van der Waals surface area contributed by atoms with E-state index in [2.05, 4.69) is 0 Å². The first kappa shape index (κ1) is 14.0. The van der Waals surface area contributed by atoms with E-state index in [4.69, 9.17) is 21.0 Å². The van der Waals surface area contributed by atoms with Gasteiger partial charge in [-0.3, -0.25) is 0 Å². The molecule has 0 unspecified atom stereocenters. The zero-order chi connectivity index (χ0) is 11.4. The molecule has 1 aromatic rings. The molecule has 6 heteroatoms. The van der Waals surface area contributed by atoms with Gasteiger partial charge in [-0.25, -0.2) is 0 Å². The number of rotatable bonds is 0. The van der Waals surface area contributed by atoms with Crippen LogP contribution in [0.2, 0.25) is 0 Å². The van der Waals surface area contributed by atoms with E-state index in [9.17, 15) is 5.11 Å². The fourth-order valence-electron chi connectivity index (χ4n) is 1.06. The average molecular weight is 216 g/mol. The average Bonchev–Trinajstić information content (AvgIpc) is 2.27. The van der Waals surface area contributed by atoms with Crippen LogP contribution in [0.25, 0.3) is 0 Å². The maximum Gasteiger partial charge on any atom is 1.00 e. The fourth-order valence-corrected chi connectivity index (χ4v) is 1.06. The Labute approximate surface area is 114 Å². The van der Waals surface area contributed by atoms with Crippen molar-refractivity contribution >= 4 is 0 Å². The molecular formula is C10HN4NaO. The van der Waals surface area contributed by atoms with Gasteiger partial charge in [-0.2, -0.15) is 21.0 Å². The number of benzene rings is 1. The summed E-state index contributed by atoms with van der Waals surface area (Å²) in [5.74, 6) is -0.865. The summed E-state index contributed by atoms with van der Waals surface area (Å²) in [7, 11) is 0. The summed E-state index contributed by atoms with van der Waals surface area (Å²) in [6.07, 6.45) is 0. The van der Waals surface area contributed by atoms with Crippen LogP contribution >= 0.6 is 0 Å². The van der Waals surface area contributed by atoms with Gasteiger partial charge >= 0.3 is 29.6 Å². The predicted molar refractivity (Wildman–Crippen MR) is 44.7 cm³/mol. The molecule has 1 rings (SSSR count). The van der Waals surface area contributed by atoms with Gasteiger partial charge in [0.2, 0.25) is 0 Å². The van der Waals surface area contributed by atoms with Gasteiger partial charge in [-0.05, 0) is 6.07 Å². The van der Waals surface area contributed by atoms with Gasteiger partial charge in [-0.1, -0.05) is 5.75 Å². The van der Waals surface area contributed by atoms with Gasteiger partial charge in [-0.15, -0.1) is 0 Å². The van der Waals surface area contributed by atoms with Crippen LogP contribution in [0, 0.1) is 45.3 Å². The van der Waals surface area contributed by atoms with Crippen molar-refractivity contribution < 1.29 is 34.7 Å². The van der Waals surface area contributed by atoms with Crippen molar-refractivity contribution in [3.63, 3.8) is 0 Å². The van der Waals surface area contributed by atoms with E-state index in [0.29, 0.717) is 0 Å². The summed E-state index contributed by atoms with van der Waals surface area (Å²) < 4.78 is 0. The Balaban J connectivity index is 0.00000225. The molecule has 0 N–H and O–H groups in total. The van der Waals surface area contributed by atoms with Gasteiger partial charge in [0.15, 0.2) is 0 Å². The van der Waals surface area contributed by atoms with Crippen molar-refractivity contribution in [2.24, 2.45) is 0 Å². The minimum atomic E-state index is -0.865. The van der Waals surface area contributed by atoms with Crippen molar-refractivity contribution in [3.8, 4) is 30.0 Å². The van der Waals surface area contributed by atoms with E-state index >= 15 is 0 Å². The van der Waals surface area contributed by atoms with Crippen molar-refractivity contribution in [2.45, 2.75) is 0 Å². The number of nitrogens with zero attached hydrogens (tertiary/aromatic N) is 4. The Bertz CT molecular complexity index is 545. The smallest absolute Gasteiger partial charge is 0.871 e. The van der Waals surface area contributed by atoms with Crippen LogP contribution in [-0.2, 0) is 0 Å². The molecule has 0 saturated heterocycles. The molecule has 5 nitrogen and oxygen atoms in total. The first-order valence-electron chi connectivity index (χ1n) is 3.68. The zero-order valence-corrected chi connectivity index (χ0v) is 10.3. The van der Waals surface area contributed by atoms with Crippen molar-refractivity contribution in [3.05, 3.63) is 28.3 Å². The van der Waals surface area contributed by atoms with Gasteiger partial charge in [0.25, 0.3) is 0 Å². The largest absolute Gasteiger partial charge is 1.00 e. The molecule has 0 heterocycles. The molecule has 0 fully saturated rings. The number of nitriles is 4. The van der Waals surface area contributed by atoms with Crippen LogP contribution in [0.3, 0.4) is 0 Å². The Morgan fingerprint density at radius 2 is 1.19 bits per heavy atom. The summed E-state index contributed by atoms with van der Waals surface area (Å²) in [4.78, 5) is 0. The third-order valence-corrected chi connectivity index (χ3v) is 1.75. The number of hydrogen-bond donors (Lipinski definition) is 0. The summed E-state index contributed by atoms with van der Waals surface area (Å²) in [6.45, 7) is 0. The third kappa shape index (κ3) is 2.14. The van der Waals surface area contributed by atoms with Crippen LogP contribution in [0.5, 0.6) is 5.75 Å². The molecule has 0 aliphatic heterocycles. The Hall–Kier alpha value is -2.02. The maximum atomic E-state index is 11.4. The molecule has 0 spiro atoms. The van der Waals surface area contributed by atoms with E-state index in [0.717, 1.165) is 6.07 Å². The summed E-state index contributed by atoms with van der Waals surface area (Å²) in [5.41, 5.74) is -1.16. The molecule has 0 bridgehead atoms. The first-order chi connectivity index (χ1) is 7.19. The normalized spacial score (nSPS) is 7.50. The summed E-state index contributed by atoms with van der Waals surface area (Å²) >= 11 is 0. The Kier molecular flexibility index (Phi) is 5.03. The quantitative estimate of drug-likeness (QED) is 0.435. The van der Waals surface area contributed by atoms with Crippen LogP contribution in [0.4, 0.5) is 0 Å². The SMILES string of the molecule is N#Cc1cc(C#N)c(C#N)c([O-])c1C#N.[Na+]. The standard InChI is InChI=1S/C10H2N4O.Na/c11-2-6-1-7(3-12)9(5-14)10(15)8(6)4-13;/h1,15H;/q;+1/p-1. The molecule has 0 saturated carbocycles. The van der Waals surface area contributed by atoms with Gasteiger partial charge < -0.3 is 5.11 Å². The zero-order valence-electron chi connectivity index (χ0n) is 8.27. The second-order valence-electron chi connectivity index (χ2n) is 2.50. The van der Waals surface area contributed by atoms with Crippen molar-refractivity contribution in [1.82, 2.24) is 0 Å². The second kappa shape index (κ2) is 5.76. The molecule has 16 heavy (non-hydrogen) atoms. The molecule has 0 atom stereocenters.